The van der Waals surface area contributed by atoms with Crippen LogP contribution >= 0.6 is 28.3 Å². The summed E-state index contributed by atoms with van der Waals surface area (Å²) in [5.41, 5.74) is 2.52. The molecule has 6 heteroatoms. The molecule has 1 aromatic rings. The molecule has 3 N–H and O–H groups in total. The molecule has 68 valence electrons. The number of halogens is 4. The van der Waals surface area contributed by atoms with Crippen molar-refractivity contribution >= 4 is 34.0 Å². The van der Waals surface area contributed by atoms with Crippen LogP contribution in [0.4, 0.5) is 14.5 Å². The molecule has 0 aromatic heterocycles. The van der Waals surface area contributed by atoms with E-state index < -0.39 is 11.6 Å². The van der Waals surface area contributed by atoms with Gasteiger partial charge >= 0.3 is 0 Å². The first-order valence-electron chi connectivity index (χ1n) is 2.77. The molecule has 1 aromatic carbocycles. The Morgan fingerprint density at radius 2 is 1.92 bits per heavy atom. The van der Waals surface area contributed by atoms with Gasteiger partial charge < -0.3 is 5.43 Å². The normalized spacial score (nSPS) is 9.00. The molecular weight excluding hydrogens is 253 g/mol. The Kier molecular flexibility index (Phi) is 4.44. The highest BCUT2D eigenvalue weighted by Crippen LogP contribution is 2.26. The van der Waals surface area contributed by atoms with E-state index in [9.17, 15) is 8.78 Å². The van der Waals surface area contributed by atoms with E-state index in [-0.39, 0.29) is 16.9 Å². The number of nitrogens with two attached hydrogens (primary N) is 1. The Morgan fingerprint density at radius 3 is 2.42 bits per heavy atom. The lowest BCUT2D eigenvalue weighted by atomic mass is 10.3. The minimum atomic E-state index is -0.944. The number of rotatable bonds is 1. The molecule has 0 saturated carbocycles. The molecule has 0 atom stereocenters. The fourth-order valence-corrected chi connectivity index (χ4v) is 1.07. The van der Waals surface area contributed by atoms with Crippen molar-refractivity contribution in [3.8, 4) is 0 Å². The van der Waals surface area contributed by atoms with E-state index in [2.05, 4.69) is 21.4 Å². The Bertz CT molecular complexity index is 282. The van der Waals surface area contributed by atoms with Crippen LogP contribution < -0.4 is 11.3 Å². The number of benzene rings is 1. The topological polar surface area (TPSA) is 38.0 Å². The van der Waals surface area contributed by atoms with Gasteiger partial charge in [-0.25, -0.2) is 8.78 Å². The first kappa shape index (κ1) is 11.6. The maximum Gasteiger partial charge on any atom is 0.175 e. The quantitative estimate of drug-likeness (QED) is 0.462. The molecule has 0 heterocycles. The minimum absolute atomic E-state index is 0. The average Bonchev–Trinajstić information content (AvgIpc) is 2.01. The van der Waals surface area contributed by atoms with Crippen LogP contribution in [0.2, 0.25) is 0 Å². The van der Waals surface area contributed by atoms with Gasteiger partial charge in [-0.05, 0) is 28.1 Å². The summed E-state index contributed by atoms with van der Waals surface area (Å²) in [4.78, 5) is 0. The molecule has 0 saturated heterocycles. The van der Waals surface area contributed by atoms with Gasteiger partial charge in [0.2, 0.25) is 0 Å². The van der Waals surface area contributed by atoms with Crippen molar-refractivity contribution in [2.24, 2.45) is 5.84 Å². The molecule has 12 heavy (non-hydrogen) atoms. The Hall–Kier alpha value is -0.390. The van der Waals surface area contributed by atoms with Gasteiger partial charge in [-0.15, -0.1) is 12.4 Å². The second kappa shape index (κ2) is 4.59. The fourth-order valence-electron chi connectivity index (χ4n) is 0.637. The summed E-state index contributed by atoms with van der Waals surface area (Å²) in [7, 11) is 0. The highest BCUT2D eigenvalue weighted by Gasteiger charge is 2.09. The monoisotopic (exact) mass is 258 g/mol. The van der Waals surface area contributed by atoms with Gasteiger partial charge in [0, 0.05) is 0 Å². The van der Waals surface area contributed by atoms with E-state index in [1.54, 1.807) is 0 Å². The lowest BCUT2D eigenvalue weighted by molar-refractivity contribution is 0.505. The zero-order valence-electron chi connectivity index (χ0n) is 5.77. The zero-order valence-corrected chi connectivity index (χ0v) is 8.18. The standard InChI is InChI=1S/C6H5BrF2N2.ClH/c7-5-4(11-10)2-1-3(8)6(5)9;/h1-2,11H,10H2;1H. The SMILES string of the molecule is Cl.NNc1ccc(F)c(F)c1Br. The predicted molar refractivity (Wildman–Crippen MR) is 49.1 cm³/mol. The number of anilines is 1. The number of hydrogen-bond donors (Lipinski definition) is 2. The summed E-state index contributed by atoms with van der Waals surface area (Å²) in [6.07, 6.45) is 0. The average molecular weight is 259 g/mol. The van der Waals surface area contributed by atoms with E-state index in [0.29, 0.717) is 5.69 Å². The van der Waals surface area contributed by atoms with Crippen molar-refractivity contribution in [3.63, 3.8) is 0 Å². The van der Waals surface area contributed by atoms with E-state index in [0.717, 1.165) is 6.07 Å². The maximum absolute atomic E-state index is 12.7. The fraction of sp³-hybridized carbons (Fsp3) is 0. The summed E-state index contributed by atoms with van der Waals surface area (Å²) in [5.74, 6) is 3.15. The Balaban J connectivity index is 0.00000121. The first-order chi connectivity index (χ1) is 5.16. The van der Waals surface area contributed by atoms with Crippen LogP contribution in [0.3, 0.4) is 0 Å². The van der Waals surface area contributed by atoms with Gasteiger partial charge in [0.15, 0.2) is 11.6 Å². The van der Waals surface area contributed by atoms with Crippen LogP contribution in [-0.2, 0) is 0 Å². The molecule has 0 bridgehead atoms. The lowest BCUT2D eigenvalue weighted by Crippen LogP contribution is -2.08. The number of nitrogen functional groups attached to an aromatic ring is 1. The van der Waals surface area contributed by atoms with Crippen LogP contribution in [0.1, 0.15) is 0 Å². The van der Waals surface area contributed by atoms with Crippen molar-refractivity contribution < 1.29 is 8.78 Å². The van der Waals surface area contributed by atoms with Gasteiger partial charge in [-0.3, -0.25) is 5.84 Å². The summed E-state index contributed by atoms with van der Waals surface area (Å²) in [6, 6.07) is 2.33. The minimum Gasteiger partial charge on any atom is -0.323 e. The highest BCUT2D eigenvalue weighted by atomic mass is 79.9. The number of hydrazine groups is 1. The molecular formula is C6H6BrClF2N2. The third-order valence-corrected chi connectivity index (χ3v) is 1.97. The van der Waals surface area contributed by atoms with Crippen LogP contribution in [0.5, 0.6) is 0 Å². The predicted octanol–water partition coefficient (Wildman–Crippen LogP) is 2.43. The van der Waals surface area contributed by atoms with E-state index >= 15 is 0 Å². The summed E-state index contributed by atoms with van der Waals surface area (Å²) in [6.45, 7) is 0. The third-order valence-electron chi connectivity index (χ3n) is 1.19. The zero-order chi connectivity index (χ0) is 8.43. The van der Waals surface area contributed by atoms with Gasteiger partial charge in [-0.1, -0.05) is 0 Å². The van der Waals surface area contributed by atoms with Gasteiger partial charge in [0.25, 0.3) is 0 Å². The van der Waals surface area contributed by atoms with Crippen molar-refractivity contribution in [2.75, 3.05) is 5.43 Å². The first-order valence-corrected chi connectivity index (χ1v) is 3.56. The molecule has 0 unspecified atom stereocenters. The molecule has 0 fully saturated rings. The highest BCUT2D eigenvalue weighted by molar-refractivity contribution is 9.10. The van der Waals surface area contributed by atoms with Crippen LogP contribution in [0.15, 0.2) is 16.6 Å². The maximum atomic E-state index is 12.7. The summed E-state index contributed by atoms with van der Waals surface area (Å²) in [5, 5.41) is 0. The van der Waals surface area contributed by atoms with Gasteiger partial charge in [0.05, 0.1) is 10.2 Å². The number of nitrogens with one attached hydrogen (secondary N) is 1. The smallest absolute Gasteiger partial charge is 0.175 e. The van der Waals surface area contributed by atoms with Crippen molar-refractivity contribution in [1.82, 2.24) is 0 Å². The molecule has 0 aliphatic carbocycles. The Labute approximate surface area is 82.6 Å². The lowest BCUT2D eigenvalue weighted by Gasteiger charge is -2.03. The molecule has 0 aliphatic rings. The van der Waals surface area contributed by atoms with E-state index in [4.69, 9.17) is 5.84 Å². The molecule has 2 nitrogen and oxygen atoms in total. The van der Waals surface area contributed by atoms with Crippen molar-refractivity contribution in [1.29, 1.82) is 0 Å². The van der Waals surface area contributed by atoms with Crippen LogP contribution in [0, 0.1) is 11.6 Å². The third kappa shape index (κ3) is 2.06. The van der Waals surface area contributed by atoms with Crippen LogP contribution in [-0.4, -0.2) is 0 Å². The van der Waals surface area contributed by atoms with E-state index in [1.807, 2.05) is 0 Å². The number of hydrogen-bond acceptors (Lipinski definition) is 2. The van der Waals surface area contributed by atoms with E-state index in [1.165, 1.54) is 6.07 Å². The summed E-state index contributed by atoms with van der Waals surface area (Å²) >= 11 is 2.83. The molecule has 1 rings (SSSR count). The molecule has 0 spiro atoms. The second-order valence-electron chi connectivity index (χ2n) is 1.87. The molecule has 0 amide bonds. The van der Waals surface area contributed by atoms with Gasteiger partial charge in [-0.2, -0.15) is 0 Å². The Morgan fingerprint density at radius 1 is 1.33 bits per heavy atom. The van der Waals surface area contributed by atoms with Gasteiger partial charge in [0.1, 0.15) is 0 Å². The van der Waals surface area contributed by atoms with Crippen LogP contribution in [0.25, 0.3) is 0 Å². The van der Waals surface area contributed by atoms with Crippen molar-refractivity contribution in [2.45, 2.75) is 0 Å². The molecule has 0 radical (unpaired) electrons. The largest absolute Gasteiger partial charge is 0.323 e. The second-order valence-corrected chi connectivity index (χ2v) is 2.66. The van der Waals surface area contributed by atoms with Crippen molar-refractivity contribution in [3.05, 3.63) is 28.2 Å². The summed E-state index contributed by atoms with van der Waals surface area (Å²) < 4.78 is 25.1. The molecule has 0 aliphatic heterocycles.